The zero-order valence-corrected chi connectivity index (χ0v) is 20.0. The number of nitrogens with one attached hydrogen (secondary N) is 1. The van der Waals surface area contributed by atoms with Crippen LogP contribution in [0.4, 0.5) is 0 Å². The van der Waals surface area contributed by atoms with Crippen molar-refractivity contribution in [1.29, 1.82) is 0 Å². The molecule has 1 aliphatic rings. The number of carboxylic acids is 1. The molecule has 0 unspecified atom stereocenters. The second-order valence-electron chi connectivity index (χ2n) is 8.87. The first kappa shape index (κ1) is 24.3. The third-order valence-electron chi connectivity index (χ3n) is 6.18. The molecule has 0 bridgehead atoms. The van der Waals surface area contributed by atoms with E-state index in [1.54, 1.807) is 10.9 Å². The van der Waals surface area contributed by atoms with Gasteiger partial charge in [0.2, 0.25) is 5.82 Å². The van der Waals surface area contributed by atoms with Gasteiger partial charge in [0.1, 0.15) is 11.4 Å². The van der Waals surface area contributed by atoms with Crippen LogP contribution < -0.4 is 10.1 Å². The summed E-state index contributed by atoms with van der Waals surface area (Å²) in [7, 11) is 0. The molecule has 1 saturated carbocycles. The maximum absolute atomic E-state index is 12.8. The Labute approximate surface area is 203 Å². The van der Waals surface area contributed by atoms with E-state index in [0.717, 1.165) is 24.2 Å². The molecule has 1 fully saturated rings. The van der Waals surface area contributed by atoms with Gasteiger partial charge in [0.05, 0.1) is 19.1 Å². The van der Waals surface area contributed by atoms with Crippen LogP contribution in [0.15, 0.2) is 36.4 Å². The highest BCUT2D eigenvalue weighted by atomic mass is 16.5. The summed E-state index contributed by atoms with van der Waals surface area (Å²) < 4.78 is 5.51. The lowest BCUT2D eigenvalue weighted by atomic mass is 9.82. The summed E-state index contributed by atoms with van der Waals surface area (Å²) in [6, 6.07) is 11.1. The van der Waals surface area contributed by atoms with Crippen LogP contribution in [0.25, 0.3) is 11.4 Å². The fourth-order valence-electron chi connectivity index (χ4n) is 4.36. The lowest BCUT2D eigenvalue weighted by Gasteiger charge is -2.25. The number of aliphatic carboxylic acids is 1. The first-order chi connectivity index (χ1) is 16.9. The number of carbonyl (C=O) groups is 2. The highest BCUT2D eigenvalue weighted by Gasteiger charge is 2.26. The van der Waals surface area contributed by atoms with Crippen molar-refractivity contribution in [3.05, 3.63) is 53.3 Å². The summed E-state index contributed by atoms with van der Waals surface area (Å²) >= 11 is 0. The number of carbonyl (C=O) groups excluding carboxylic acids is 1. The third-order valence-corrected chi connectivity index (χ3v) is 6.18. The number of carboxylic acid groups (broad SMARTS) is 1. The van der Waals surface area contributed by atoms with Crippen LogP contribution in [0, 0.1) is 18.8 Å². The zero-order valence-electron chi connectivity index (χ0n) is 20.0. The molecule has 0 saturated heterocycles. The summed E-state index contributed by atoms with van der Waals surface area (Å²) in [6.07, 6.45) is 3.03. The van der Waals surface area contributed by atoms with E-state index in [1.165, 1.54) is 0 Å². The van der Waals surface area contributed by atoms with E-state index in [1.807, 2.05) is 44.2 Å². The molecule has 0 radical (unpaired) electrons. The molecule has 2 N–H and O–H groups in total. The predicted octanol–water partition coefficient (Wildman–Crippen LogP) is 3.26. The maximum Gasteiger partial charge on any atom is 0.306 e. The van der Waals surface area contributed by atoms with Crippen molar-refractivity contribution < 1.29 is 19.4 Å². The SMILES string of the molecule is CCOc1cccc(CNC(=O)c2cc(-c3nnn(CC4CCC(C(=O)O)CC4)n3)cc(C)n2)c1. The lowest BCUT2D eigenvalue weighted by molar-refractivity contribution is -0.143. The Morgan fingerprint density at radius 1 is 1.17 bits per heavy atom. The van der Waals surface area contributed by atoms with Gasteiger partial charge in [-0.3, -0.25) is 9.59 Å². The third kappa shape index (κ3) is 6.40. The number of pyridine rings is 1. The van der Waals surface area contributed by atoms with Crippen LogP contribution in [0.3, 0.4) is 0 Å². The van der Waals surface area contributed by atoms with Crippen LogP contribution in [-0.4, -0.2) is 48.8 Å². The summed E-state index contributed by atoms with van der Waals surface area (Å²) in [5.74, 6) is 0.265. The molecular weight excluding hydrogens is 448 g/mol. The summed E-state index contributed by atoms with van der Waals surface area (Å²) in [4.78, 5) is 29.9. The van der Waals surface area contributed by atoms with Gasteiger partial charge < -0.3 is 15.2 Å². The number of rotatable bonds is 9. The molecule has 35 heavy (non-hydrogen) atoms. The van der Waals surface area contributed by atoms with Crippen molar-refractivity contribution in [2.24, 2.45) is 11.8 Å². The van der Waals surface area contributed by atoms with E-state index < -0.39 is 5.97 Å². The molecule has 10 nitrogen and oxygen atoms in total. The van der Waals surface area contributed by atoms with Crippen molar-refractivity contribution in [2.75, 3.05) is 6.61 Å². The molecule has 3 aromatic rings. The Kier molecular flexibility index (Phi) is 7.69. The second-order valence-corrected chi connectivity index (χ2v) is 8.87. The van der Waals surface area contributed by atoms with E-state index in [0.29, 0.717) is 55.5 Å². The van der Waals surface area contributed by atoms with E-state index in [4.69, 9.17) is 4.74 Å². The normalized spacial score (nSPS) is 17.7. The molecule has 4 rings (SSSR count). The Hall–Kier alpha value is -3.82. The Morgan fingerprint density at radius 2 is 1.97 bits per heavy atom. The molecule has 0 atom stereocenters. The quantitative estimate of drug-likeness (QED) is 0.479. The lowest BCUT2D eigenvalue weighted by Crippen LogP contribution is -2.24. The number of amides is 1. The standard InChI is InChI=1S/C25H30N6O4/c1-3-35-21-6-4-5-18(12-21)14-26-24(32)22-13-20(11-16(2)27-22)23-28-30-31(29-23)15-17-7-9-19(10-8-17)25(33)34/h4-6,11-13,17,19H,3,7-10,14-15H2,1-2H3,(H,26,32)(H,33,34). The van der Waals surface area contributed by atoms with Crippen LogP contribution >= 0.6 is 0 Å². The molecule has 2 aromatic heterocycles. The number of hydrogen-bond acceptors (Lipinski definition) is 7. The van der Waals surface area contributed by atoms with E-state index >= 15 is 0 Å². The molecular formula is C25H30N6O4. The highest BCUT2D eigenvalue weighted by Crippen LogP contribution is 2.29. The summed E-state index contributed by atoms with van der Waals surface area (Å²) in [6.45, 7) is 5.27. The minimum atomic E-state index is -0.712. The van der Waals surface area contributed by atoms with Gasteiger partial charge in [-0.15, -0.1) is 10.2 Å². The molecule has 2 heterocycles. The molecule has 1 aromatic carbocycles. The monoisotopic (exact) mass is 478 g/mol. The van der Waals surface area contributed by atoms with Crippen molar-refractivity contribution >= 4 is 11.9 Å². The molecule has 184 valence electrons. The first-order valence-electron chi connectivity index (χ1n) is 11.9. The van der Waals surface area contributed by atoms with Crippen LogP contribution in [0.1, 0.15) is 54.4 Å². The topological polar surface area (TPSA) is 132 Å². The zero-order chi connectivity index (χ0) is 24.8. The van der Waals surface area contributed by atoms with Crippen LogP contribution in [0.5, 0.6) is 5.75 Å². The number of ether oxygens (including phenoxy) is 1. The Balaban J connectivity index is 1.39. The fourth-order valence-corrected chi connectivity index (χ4v) is 4.36. The maximum atomic E-state index is 12.8. The first-order valence-corrected chi connectivity index (χ1v) is 11.9. The van der Waals surface area contributed by atoms with E-state index in [-0.39, 0.29) is 17.5 Å². The van der Waals surface area contributed by atoms with Gasteiger partial charge in [0.25, 0.3) is 5.91 Å². The Bertz CT molecular complexity index is 1190. The molecule has 0 spiro atoms. The number of tetrazole rings is 1. The molecule has 0 aliphatic heterocycles. The van der Waals surface area contributed by atoms with Gasteiger partial charge >= 0.3 is 5.97 Å². The molecule has 1 amide bonds. The average Bonchev–Trinajstić information content (AvgIpc) is 3.31. The number of aryl methyl sites for hydroxylation is 1. The fraction of sp³-hybridized carbons (Fsp3) is 0.440. The number of nitrogens with zero attached hydrogens (tertiary/aromatic N) is 5. The van der Waals surface area contributed by atoms with Gasteiger partial charge in [-0.2, -0.15) is 4.80 Å². The largest absolute Gasteiger partial charge is 0.494 e. The second kappa shape index (κ2) is 11.1. The van der Waals surface area contributed by atoms with Gasteiger partial charge in [-0.05, 0) is 80.5 Å². The number of benzene rings is 1. The smallest absolute Gasteiger partial charge is 0.306 e. The van der Waals surface area contributed by atoms with Crippen LogP contribution in [-0.2, 0) is 17.9 Å². The van der Waals surface area contributed by atoms with E-state index in [2.05, 4.69) is 25.7 Å². The van der Waals surface area contributed by atoms with Gasteiger partial charge in [0.15, 0.2) is 0 Å². The highest BCUT2D eigenvalue weighted by molar-refractivity contribution is 5.93. The van der Waals surface area contributed by atoms with Crippen molar-refractivity contribution in [3.63, 3.8) is 0 Å². The van der Waals surface area contributed by atoms with Crippen molar-refractivity contribution in [1.82, 2.24) is 30.5 Å². The minimum absolute atomic E-state index is 0.247. The average molecular weight is 479 g/mol. The minimum Gasteiger partial charge on any atom is -0.494 e. The molecule has 1 aliphatic carbocycles. The van der Waals surface area contributed by atoms with Gasteiger partial charge in [0, 0.05) is 17.8 Å². The van der Waals surface area contributed by atoms with Gasteiger partial charge in [-0.25, -0.2) is 4.98 Å². The van der Waals surface area contributed by atoms with Crippen molar-refractivity contribution in [2.45, 2.75) is 52.6 Å². The number of hydrogen-bond donors (Lipinski definition) is 2. The predicted molar refractivity (Wildman–Crippen MR) is 128 cm³/mol. The Morgan fingerprint density at radius 3 is 2.71 bits per heavy atom. The number of aromatic nitrogens is 5. The van der Waals surface area contributed by atoms with Gasteiger partial charge in [-0.1, -0.05) is 12.1 Å². The summed E-state index contributed by atoms with van der Waals surface area (Å²) in [5.41, 5.74) is 2.56. The van der Waals surface area contributed by atoms with Crippen molar-refractivity contribution in [3.8, 4) is 17.1 Å². The van der Waals surface area contributed by atoms with Crippen LogP contribution in [0.2, 0.25) is 0 Å². The summed E-state index contributed by atoms with van der Waals surface area (Å²) in [5, 5.41) is 24.9. The van der Waals surface area contributed by atoms with E-state index in [9.17, 15) is 14.7 Å². The molecule has 10 heteroatoms.